The molecule has 3 amide bonds. The molecule has 4 N–H and O–H groups in total. The third kappa shape index (κ3) is 5.81. The van der Waals surface area contributed by atoms with Gasteiger partial charge in [0.25, 0.3) is 0 Å². The number of carbonyl (C=O) groups is 2. The van der Waals surface area contributed by atoms with E-state index in [4.69, 9.17) is 10.5 Å². The van der Waals surface area contributed by atoms with E-state index in [0.717, 1.165) is 11.1 Å². The molecule has 2 unspecified atom stereocenters. The lowest BCUT2D eigenvalue weighted by molar-refractivity contribution is -0.123. The zero-order valence-electron chi connectivity index (χ0n) is 14.5. The molecule has 0 radical (unpaired) electrons. The Hall–Kier alpha value is -2.24. The number of ether oxygens (including phenoxy) is 1. The van der Waals surface area contributed by atoms with Crippen LogP contribution in [0.2, 0.25) is 0 Å². The zero-order valence-corrected chi connectivity index (χ0v) is 14.5. The molecule has 0 saturated carbocycles. The van der Waals surface area contributed by atoms with E-state index in [0.29, 0.717) is 12.2 Å². The van der Waals surface area contributed by atoms with Crippen LogP contribution in [-0.4, -0.2) is 25.1 Å². The lowest BCUT2D eigenvalue weighted by atomic mass is 10.0. The van der Waals surface area contributed by atoms with Crippen molar-refractivity contribution in [3.8, 4) is 5.75 Å². The standard InChI is InChI=1S/C17H27N3O3/c1-10(2)8-14(20-17(18)22)16(21)19-12(4)13-9-11(3)6-7-15(13)23-5/h6-7,9-10,12,14H,8H2,1-5H3,(H,19,21)(H3,18,20,22). The Morgan fingerprint density at radius 2 is 1.87 bits per heavy atom. The van der Waals surface area contributed by atoms with Gasteiger partial charge in [0.15, 0.2) is 0 Å². The summed E-state index contributed by atoms with van der Waals surface area (Å²) in [5.41, 5.74) is 7.14. The lowest BCUT2D eigenvalue weighted by Crippen LogP contribution is -2.49. The van der Waals surface area contributed by atoms with Gasteiger partial charge in [-0.05, 0) is 32.3 Å². The minimum absolute atomic E-state index is 0.248. The summed E-state index contributed by atoms with van der Waals surface area (Å²) in [6.07, 6.45) is 0.520. The first-order chi connectivity index (χ1) is 10.7. The van der Waals surface area contributed by atoms with Gasteiger partial charge in [-0.15, -0.1) is 0 Å². The minimum Gasteiger partial charge on any atom is -0.496 e. The number of hydrogen-bond donors (Lipinski definition) is 3. The van der Waals surface area contributed by atoms with Gasteiger partial charge in [-0.2, -0.15) is 0 Å². The number of aryl methyl sites for hydroxylation is 1. The van der Waals surface area contributed by atoms with E-state index in [2.05, 4.69) is 10.6 Å². The summed E-state index contributed by atoms with van der Waals surface area (Å²) in [6, 6.07) is 4.20. The Morgan fingerprint density at radius 3 is 2.39 bits per heavy atom. The quantitative estimate of drug-likeness (QED) is 0.719. The van der Waals surface area contributed by atoms with Crippen molar-refractivity contribution in [1.82, 2.24) is 10.6 Å². The molecule has 0 spiro atoms. The summed E-state index contributed by atoms with van der Waals surface area (Å²) in [6.45, 7) is 7.82. The highest BCUT2D eigenvalue weighted by molar-refractivity contribution is 5.86. The van der Waals surface area contributed by atoms with Crippen LogP contribution in [0.4, 0.5) is 4.79 Å². The van der Waals surface area contributed by atoms with Crippen molar-refractivity contribution >= 4 is 11.9 Å². The monoisotopic (exact) mass is 321 g/mol. The molecule has 0 saturated heterocycles. The molecule has 0 heterocycles. The summed E-state index contributed by atoms with van der Waals surface area (Å²) >= 11 is 0. The highest BCUT2D eigenvalue weighted by Crippen LogP contribution is 2.26. The van der Waals surface area contributed by atoms with E-state index in [-0.39, 0.29) is 17.9 Å². The molecule has 1 aromatic carbocycles. The number of carbonyl (C=O) groups excluding carboxylic acids is 2. The third-order valence-electron chi connectivity index (χ3n) is 3.55. The van der Waals surface area contributed by atoms with Gasteiger partial charge in [0.2, 0.25) is 5.91 Å². The molecule has 0 aromatic heterocycles. The molecule has 1 rings (SSSR count). The van der Waals surface area contributed by atoms with Gasteiger partial charge in [0.1, 0.15) is 11.8 Å². The maximum Gasteiger partial charge on any atom is 0.312 e. The Balaban J connectivity index is 2.88. The highest BCUT2D eigenvalue weighted by Gasteiger charge is 2.23. The summed E-state index contributed by atoms with van der Waals surface area (Å²) in [5, 5.41) is 5.42. The van der Waals surface area contributed by atoms with Crippen molar-refractivity contribution in [1.29, 1.82) is 0 Å². The smallest absolute Gasteiger partial charge is 0.312 e. The first kappa shape index (κ1) is 18.8. The molecule has 23 heavy (non-hydrogen) atoms. The van der Waals surface area contributed by atoms with Crippen LogP contribution >= 0.6 is 0 Å². The maximum atomic E-state index is 12.5. The summed E-state index contributed by atoms with van der Waals surface area (Å²) in [4.78, 5) is 23.6. The van der Waals surface area contributed by atoms with Crippen molar-refractivity contribution in [3.05, 3.63) is 29.3 Å². The van der Waals surface area contributed by atoms with Crippen LogP contribution in [0.1, 0.15) is 44.4 Å². The second kappa shape index (κ2) is 8.41. The topological polar surface area (TPSA) is 93.4 Å². The maximum absolute atomic E-state index is 12.5. The Kier molecular flexibility index (Phi) is 6.88. The molecule has 6 nitrogen and oxygen atoms in total. The van der Waals surface area contributed by atoms with E-state index < -0.39 is 12.1 Å². The van der Waals surface area contributed by atoms with Gasteiger partial charge in [0.05, 0.1) is 13.2 Å². The second-order valence-corrected chi connectivity index (χ2v) is 6.17. The van der Waals surface area contributed by atoms with E-state index in [1.165, 1.54) is 0 Å². The van der Waals surface area contributed by atoms with Gasteiger partial charge in [0, 0.05) is 5.56 Å². The number of hydrogen-bond acceptors (Lipinski definition) is 3. The van der Waals surface area contributed by atoms with Gasteiger partial charge in [-0.3, -0.25) is 4.79 Å². The molecule has 0 aliphatic carbocycles. The van der Waals surface area contributed by atoms with Crippen LogP contribution in [0.3, 0.4) is 0 Å². The predicted molar refractivity (Wildman–Crippen MR) is 90.3 cm³/mol. The highest BCUT2D eigenvalue weighted by atomic mass is 16.5. The molecule has 2 atom stereocenters. The predicted octanol–water partition coefficient (Wildman–Crippen LogP) is 2.26. The second-order valence-electron chi connectivity index (χ2n) is 6.17. The number of nitrogens with one attached hydrogen (secondary N) is 2. The number of urea groups is 1. The number of rotatable bonds is 7. The van der Waals surface area contributed by atoms with Crippen molar-refractivity contribution in [2.75, 3.05) is 7.11 Å². The Morgan fingerprint density at radius 1 is 1.22 bits per heavy atom. The first-order valence-corrected chi connectivity index (χ1v) is 7.75. The lowest BCUT2D eigenvalue weighted by Gasteiger charge is -2.23. The van der Waals surface area contributed by atoms with Crippen LogP contribution in [0.5, 0.6) is 5.75 Å². The van der Waals surface area contributed by atoms with Crippen molar-refractivity contribution in [2.45, 2.75) is 46.2 Å². The summed E-state index contributed by atoms with van der Waals surface area (Å²) in [7, 11) is 1.60. The average Bonchev–Trinajstić information content (AvgIpc) is 2.45. The molecular weight excluding hydrogens is 294 g/mol. The van der Waals surface area contributed by atoms with Gasteiger partial charge < -0.3 is 21.1 Å². The molecule has 128 valence electrons. The van der Waals surface area contributed by atoms with Crippen molar-refractivity contribution < 1.29 is 14.3 Å². The van der Waals surface area contributed by atoms with E-state index in [1.807, 2.05) is 45.9 Å². The van der Waals surface area contributed by atoms with Gasteiger partial charge in [-0.1, -0.05) is 31.5 Å². The van der Waals surface area contributed by atoms with E-state index >= 15 is 0 Å². The summed E-state index contributed by atoms with van der Waals surface area (Å²) in [5.74, 6) is 0.710. The van der Waals surface area contributed by atoms with Crippen LogP contribution < -0.4 is 21.1 Å². The summed E-state index contributed by atoms with van der Waals surface area (Å²) < 4.78 is 5.35. The van der Waals surface area contributed by atoms with E-state index in [9.17, 15) is 9.59 Å². The average molecular weight is 321 g/mol. The molecule has 0 aliphatic rings. The number of nitrogens with two attached hydrogens (primary N) is 1. The van der Waals surface area contributed by atoms with Crippen LogP contribution in [0, 0.1) is 12.8 Å². The fourth-order valence-electron chi connectivity index (χ4n) is 2.46. The number of benzene rings is 1. The fraction of sp³-hybridized carbons (Fsp3) is 0.529. The van der Waals surface area contributed by atoms with Crippen molar-refractivity contribution in [3.63, 3.8) is 0 Å². The van der Waals surface area contributed by atoms with Crippen LogP contribution in [0.25, 0.3) is 0 Å². The van der Waals surface area contributed by atoms with Crippen LogP contribution in [0.15, 0.2) is 18.2 Å². The molecule has 0 bridgehead atoms. The third-order valence-corrected chi connectivity index (χ3v) is 3.55. The molecule has 0 fully saturated rings. The van der Waals surface area contributed by atoms with Gasteiger partial charge >= 0.3 is 6.03 Å². The van der Waals surface area contributed by atoms with Gasteiger partial charge in [-0.25, -0.2) is 4.79 Å². The number of amides is 3. The fourth-order valence-corrected chi connectivity index (χ4v) is 2.46. The van der Waals surface area contributed by atoms with Crippen LogP contribution in [-0.2, 0) is 4.79 Å². The number of primary amides is 1. The first-order valence-electron chi connectivity index (χ1n) is 7.75. The van der Waals surface area contributed by atoms with E-state index in [1.54, 1.807) is 7.11 Å². The molecule has 1 aromatic rings. The largest absolute Gasteiger partial charge is 0.496 e. The zero-order chi connectivity index (χ0) is 17.6. The normalized spacial score (nSPS) is 13.3. The Bertz CT molecular complexity index is 558. The number of methoxy groups -OCH3 is 1. The SMILES string of the molecule is COc1ccc(C)cc1C(C)NC(=O)C(CC(C)C)NC(N)=O. The molecular formula is C17H27N3O3. The molecule has 6 heteroatoms. The molecule has 0 aliphatic heterocycles. The Labute approximate surface area is 137 Å². The van der Waals surface area contributed by atoms with Crippen molar-refractivity contribution in [2.24, 2.45) is 11.7 Å². The minimum atomic E-state index is -0.702.